The number of ether oxygens (including phenoxy) is 1. The van der Waals surface area contributed by atoms with Gasteiger partial charge in [-0.15, -0.1) is 29.3 Å². The first kappa shape index (κ1) is 35.3. The normalized spacial score (nSPS) is 12.8. The van der Waals surface area contributed by atoms with Crippen LogP contribution in [0.4, 0.5) is 0 Å². The van der Waals surface area contributed by atoms with Crippen molar-refractivity contribution in [2.24, 2.45) is 0 Å². The Kier molecular flexibility index (Phi) is 9.36. The van der Waals surface area contributed by atoms with Crippen LogP contribution in [-0.4, -0.2) is 9.97 Å². The van der Waals surface area contributed by atoms with E-state index in [1.165, 1.54) is 50.1 Å². The Hall–Kier alpha value is -5.11. The fourth-order valence-corrected chi connectivity index (χ4v) is 7.93. The molecule has 4 heteroatoms. The van der Waals surface area contributed by atoms with Crippen LogP contribution in [0.5, 0.6) is 11.5 Å². The Morgan fingerprint density at radius 2 is 1.29 bits per heavy atom. The predicted molar refractivity (Wildman–Crippen MR) is 207 cm³/mol. The topological polar surface area (TPSA) is 35.0 Å². The van der Waals surface area contributed by atoms with Gasteiger partial charge in [0.25, 0.3) is 0 Å². The average molecular weight is 856 g/mol. The Bertz CT molecular complexity index is 2360. The third-order valence-electron chi connectivity index (χ3n) is 10.1. The van der Waals surface area contributed by atoms with E-state index in [9.17, 15) is 0 Å². The van der Waals surface area contributed by atoms with Crippen molar-refractivity contribution < 1.29 is 25.8 Å². The zero-order valence-electron chi connectivity index (χ0n) is 30.3. The summed E-state index contributed by atoms with van der Waals surface area (Å²) in [5.74, 6) is 1.22. The van der Waals surface area contributed by atoms with Gasteiger partial charge in [0.1, 0.15) is 0 Å². The Balaban J connectivity index is 0.00000420. The molecule has 0 fully saturated rings. The van der Waals surface area contributed by atoms with Crippen molar-refractivity contribution >= 4 is 0 Å². The van der Waals surface area contributed by atoms with E-state index in [0.29, 0.717) is 11.5 Å². The molecule has 3 nitrogen and oxygen atoms in total. The number of fused-ring (bicyclic) bond motifs is 3. The number of hydrogen-bond donors (Lipinski definition) is 0. The number of aromatic nitrogens is 2. The van der Waals surface area contributed by atoms with Crippen LogP contribution >= 0.6 is 0 Å². The summed E-state index contributed by atoms with van der Waals surface area (Å²) in [6.07, 6.45) is 3.77. The van der Waals surface area contributed by atoms with E-state index in [2.05, 4.69) is 163 Å². The maximum atomic E-state index is 6.80. The molecular formula is C48H40N2OPt. The van der Waals surface area contributed by atoms with Crippen LogP contribution in [0, 0.1) is 32.9 Å². The molecule has 0 atom stereocenters. The van der Waals surface area contributed by atoms with Crippen LogP contribution in [0.25, 0.3) is 33.5 Å². The van der Waals surface area contributed by atoms with Crippen molar-refractivity contribution in [1.29, 1.82) is 0 Å². The molecule has 8 rings (SSSR count). The van der Waals surface area contributed by atoms with Crippen LogP contribution < -0.4 is 4.74 Å². The standard InChI is InChI=1S/C48H40N2O.Pt/c1-31-24-32(2)46(33(3)25-31)35-26-34(44-30-36(21-23-49-44)47(4,5)6)27-39(28-35)51-38-15-13-14-37(29-38)48(45-20-11-12-22-50-45)42-18-9-7-16-40(42)41-17-8-10-19-43(41)48;/h7-26,28,30H,1-6H3;/q-2;+2. The molecule has 0 bridgehead atoms. The van der Waals surface area contributed by atoms with Gasteiger partial charge in [-0.3, -0.25) is 4.98 Å². The summed E-state index contributed by atoms with van der Waals surface area (Å²) in [6, 6.07) is 50.0. The molecule has 1 aliphatic carbocycles. The summed E-state index contributed by atoms with van der Waals surface area (Å²) in [5, 5.41) is 0. The van der Waals surface area contributed by atoms with Gasteiger partial charge >= 0.3 is 21.1 Å². The van der Waals surface area contributed by atoms with Crippen molar-refractivity contribution in [1.82, 2.24) is 9.97 Å². The van der Waals surface area contributed by atoms with E-state index < -0.39 is 5.41 Å². The smallest absolute Gasteiger partial charge is 0.503 e. The van der Waals surface area contributed by atoms with Gasteiger partial charge in [-0.2, -0.15) is 12.1 Å². The molecular weight excluding hydrogens is 816 g/mol. The summed E-state index contributed by atoms with van der Waals surface area (Å²) in [6.45, 7) is 13.2. The van der Waals surface area contributed by atoms with Crippen LogP contribution in [0.3, 0.4) is 0 Å². The summed E-state index contributed by atoms with van der Waals surface area (Å²) in [5.41, 5.74) is 14.9. The number of rotatable bonds is 6. The van der Waals surface area contributed by atoms with E-state index in [1.54, 1.807) is 0 Å². The van der Waals surface area contributed by atoms with Gasteiger partial charge in [0.05, 0.1) is 11.1 Å². The van der Waals surface area contributed by atoms with E-state index in [1.807, 2.05) is 24.5 Å². The number of benzene rings is 5. The van der Waals surface area contributed by atoms with Crippen molar-refractivity contribution in [3.63, 3.8) is 0 Å². The monoisotopic (exact) mass is 855 g/mol. The van der Waals surface area contributed by atoms with Crippen LogP contribution in [0.2, 0.25) is 0 Å². The van der Waals surface area contributed by atoms with Gasteiger partial charge < -0.3 is 9.72 Å². The minimum absolute atomic E-state index is 0. The van der Waals surface area contributed by atoms with Gasteiger partial charge in [0, 0.05) is 23.9 Å². The molecule has 0 unspecified atom stereocenters. The number of pyridine rings is 2. The van der Waals surface area contributed by atoms with E-state index in [0.717, 1.165) is 28.1 Å². The molecule has 1 aliphatic rings. The van der Waals surface area contributed by atoms with Crippen molar-refractivity contribution in [2.45, 2.75) is 52.4 Å². The molecule has 0 N–H and O–H groups in total. The molecule has 0 saturated heterocycles. The first-order valence-electron chi connectivity index (χ1n) is 17.6. The third-order valence-corrected chi connectivity index (χ3v) is 10.1. The first-order chi connectivity index (χ1) is 24.6. The maximum Gasteiger partial charge on any atom is 2.00 e. The Morgan fingerprint density at radius 3 is 1.94 bits per heavy atom. The molecule has 5 aromatic carbocycles. The molecule has 52 heavy (non-hydrogen) atoms. The number of nitrogens with zero attached hydrogens (tertiary/aromatic N) is 2. The molecule has 0 spiro atoms. The summed E-state index contributed by atoms with van der Waals surface area (Å²) in [7, 11) is 0. The van der Waals surface area contributed by atoms with Gasteiger partial charge in [0.2, 0.25) is 0 Å². The predicted octanol–water partition coefficient (Wildman–Crippen LogP) is 11.8. The summed E-state index contributed by atoms with van der Waals surface area (Å²) >= 11 is 0. The fraction of sp³-hybridized carbons (Fsp3) is 0.167. The molecule has 0 radical (unpaired) electrons. The second kappa shape index (κ2) is 13.8. The minimum atomic E-state index is -0.669. The first-order valence-corrected chi connectivity index (χ1v) is 17.6. The van der Waals surface area contributed by atoms with Crippen molar-refractivity contribution in [2.75, 3.05) is 0 Å². The molecule has 2 heterocycles. The van der Waals surface area contributed by atoms with Crippen molar-refractivity contribution in [3.05, 3.63) is 190 Å². The maximum absolute atomic E-state index is 6.80. The minimum Gasteiger partial charge on any atom is -0.503 e. The Morgan fingerprint density at radius 1 is 0.615 bits per heavy atom. The van der Waals surface area contributed by atoms with Crippen LogP contribution in [0.1, 0.15) is 65.4 Å². The largest absolute Gasteiger partial charge is 2.00 e. The van der Waals surface area contributed by atoms with E-state index in [-0.39, 0.29) is 26.5 Å². The SMILES string of the molecule is Cc1cc(C)c(-c2cc(Oc3[c-]c(C4(c5ccccn5)c5ccccc5-c5ccccc54)ccc3)[c-]c(-c3cc(C(C)(C)C)ccn3)c2)c(C)c1.[Pt+2]. The molecule has 2 aromatic heterocycles. The van der Waals surface area contributed by atoms with Crippen molar-refractivity contribution in [3.8, 4) is 45.0 Å². The van der Waals surface area contributed by atoms with Gasteiger partial charge in [-0.25, -0.2) is 0 Å². The van der Waals surface area contributed by atoms with Crippen LogP contribution in [0.15, 0.2) is 134 Å². The quantitative estimate of drug-likeness (QED) is 0.156. The van der Waals surface area contributed by atoms with E-state index in [4.69, 9.17) is 14.7 Å². The third kappa shape index (κ3) is 6.12. The second-order valence-corrected chi connectivity index (χ2v) is 14.7. The average Bonchev–Trinajstić information content (AvgIpc) is 3.43. The van der Waals surface area contributed by atoms with E-state index >= 15 is 0 Å². The summed E-state index contributed by atoms with van der Waals surface area (Å²) in [4.78, 5) is 9.80. The molecule has 0 saturated carbocycles. The zero-order chi connectivity index (χ0) is 35.3. The second-order valence-electron chi connectivity index (χ2n) is 14.7. The zero-order valence-corrected chi connectivity index (χ0v) is 32.6. The number of hydrogen-bond acceptors (Lipinski definition) is 3. The van der Waals surface area contributed by atoms with Gasteiger partial charge in [-0.1, -0.05) is 117 Å². The Labute approximate surface area is 322 Å². The number of aryl methyl sites for hydroxylation is 3. The molecule has 0 amide bonds. The molecule has 0 aliphatic heterocycles. The van der Waals surface area contributed by atoms with Gasteiger partial charge in [-0.05, 0) is 94.6 Å². The van der Waals surface area contributed by atoms with Gasteiger partial charge in [0.15, 0.2) is 0 Å². The molecule has 7 aromatic rings. The molecule has 258 valence electrons. The fourth-order valence-electron chi connectivity index (χ4n) is 7.93. The van der Waals surface area contributed by atoms with Crippen LogP contribution in [-0.2, 0) is 31.9 Å². The summed E-state index contributed by atoms with van der Waals surface area (Å²) < 4.78 is 6.80.